The van der Waals surface area contributed by atoms with Crippen LogP contribution < -0.4 is 10.1 Å². The van der Waals surface area contributed by atoms with Crippen LogP contribution in [0.2, 0.25) is 0 Å². The van der Waals surface area contributed by atoms with Gasteiger partial charge in [-0.3, -0.25) is 4.79 Å². The molecule has 0 saturated heterocycles. The molecule has 1 aliphatic rings. The highest BCUT2D eigenvalue weighted by molar-refractivity contribution is 5.94. The Morgan fingerprint density at radius 3 is 2.69 bits per heavy atom. The number of carbonyl (C=O) groups is 1. The lowest BCUT2D eigenvalue weighted by atomic mass is 9.90. The van der Waals surface area contributed by atoms with E-state index < -0.39 is 0 Å². The van der Waals surface area contributed by atoms with Gasteiger partial charge in [-0.25, -0.2) is 0 Å². The summed E-state index contributed by atoms with van der Waals surface area (Å²) in [6.07, 6.45) is 6.78. The Labute approximate surface area is 156 Å². The van der Waals surface area contributed by atoms with E-state index in [0.717, 1.165) is 37.0 Å². The van der Waals surface area contributed by atoms with Crippen LogP contribution in [0.15, 0.2) is 42.5 Å². The summed E-state index contributed by atoms with van der Waals surface area (Å²) in [4.78, 5) is 12.4. The highest BCUT2D eigenvalue weighted by atomic mass is 16.5. The van der Waals surface area contributed by atoms with Crippen molar-refractivity contribution < 1.29 is 9.53 Å². The average molecular weight is 351 g/mol. The van der Waals surface area contributed by atoms with Crippen LogP contribution in [0.1, 0.15) is 60.2 Å². The van der Waals surface area contributed by atoms with Crippen LogP contribution in [-0.4, -0.2) is 18.6 Å². The third-order valence-electron chi connectivity index (χ3n) is 4.81. The molecular formula is C23H29NO2. The van der Waals surface area contributed by atoms with Crippen LogP contribution in [0.3, 0.4) is 0 Å². The van der Waals surface area contributed by atoms with Crippen molar-refractivity contribution in [1.82, 2.24) is 5.32 Å². The SMILES string of the molecule is CC(C)Oc1cccc(CCCNC(=O)c2ccc3c(c2)CCCC3)c1. The number of amides is 1. The molecule has 1 N–H and O–H groups in total. The standard InChI is InChI=1S/C23H29NO2/c1-17(2)26-22-11-5-7-18(15-22)8-6-14-24-23(25)21-13-12-19-9-3-4-10-20(19)16-21/h5,7,11-13,15-17H,3-4,6,8-10,14H2,1-2H3,(H,24,25). The van der Waals surface area contributed by atoms with Crippen molar-refractivity contribution in [3.05, 3.63) is 64.7 Å². The van der Waals surface area contributed by atoms with Crippen molar-refractivity contribution in [3.8, 4) is 5.75 Å². The summed E-state index contributed by atoms with van der Waals surface area (Å²) in [7, 11) is 0. The van der Waals surface area contributed by atoms with E-state index in [2.05, 4.69) is 29.6 Å². The van der Waals surface area contributed by atoms with Gasteiger partial charge < -0.3 is 10.1 Å². The fourth-order valence-electron chi connectivity index (χ4n) is 3.52. The lowest BCUT2D eigenvalue weighted by Crippen LogP contribution is -2.25. The third-order valence-corrected chi connectivity index (χ3v) is 4.81. The first kappa shape index (κ1) is 18.5. The molecule has 0 saturated carbocycles. The Hall–Kier alpha value is -2.29. The van der Waals surface area contributed by atoms with E-state index in [1.807, 2.05) is 32.0 Å². The van der Waals surface area contributed by atoms with E-state index in [-0.39, 0.29) is 12.0 Å². The molecule has 26 heavy (non-hydrogen) atoms. The number of benzene rings is 2. The molecule has 0 aromatic heterocycles. The average Bonchev–Trinajstić information content (AvgIpc) is 2.64. The van der Waals surface area contributed by atoms with Gasteiger partial charge >= 0.3 is 0 Å². The highest BCUT2D eigenvalue weighted by Crippen LogP contribution is 2.22. The number of hydrogen-bond donors (Lipinski definition) is 1. The predicted molar refractivity (Wildman–Crippen MR) is 106 cm³/mol. The van der Waals surface area contributed by atoms with E-state index in [1.54, 1.807) is 0 Å². The second kappa shape index (κ2) is 8.88. The van der Waals surface area contributed by atoms with E-state index in [9.17, 15) is 4.79 Å². The van der Waals surface area contributed by atoms with Crippen LogP contribution in [0.4, 0.5) is 0 Å². The lowest BCUT2D eigenvalue weighted by Gasteiger charge is -2.16. The zero-order chi connectivity index (χ0) is 18.4. The maximum absolute atomic E-state index is 12.4. The molecule has 0 heterocycles. The van der Waals surface area contributed by atoms with Gasteiger partial charge in [0.25, 0.3) is 5.91 Å². The van der Waals surface area contributed by atoms with Crippen molar-refractivity contribution >= 4 is 5.91 Å². The Bertz CT molecular complexity index is 752. The quantitative estimate of drug-likeness (QED) is 0.733. The molecule has 0 radical (unpaired) electrons. The molecule has 3 heteroatoms. The van der Waals surface area contributed by atoms with Gasteiger partial charge in [0.1, 0.15) is 5.75 Å². The largest absolute Gasteiger partial charge is 0.491 e. The molecule has 1 aliphatic carbocycles. The highest BCUT2D eigenvalue weighted by Gasteiger charge is 2.12. The molecule has 3 rings (SSSR count). The summed E-state index contributed by atoms with van der Waals surface area (Å²) in [5, 5.41) is 3.05. The van der Waals surface area contributed by atoms with Crippen molar-refractivity contribution in [1.29, 1.82) is 0 Å². The predicted octanol–water partition coefficient (Wildman–Crippen LogP) is 4.72. The molecule has 3 nitrogen and oxygen atoms in total. The molecule has 2 aromatic carbocycles. The van der Waals surface area contributed by atoms with Crippen molar-refractivity contribution in [2.75, 3.05) is 6.54 Å². The Balaban J connectivity index is 1.47. The van der Waals surface area contributed by atoms with Crippen LogP contribution in [0.25, 0.3) is 0 Å². The van der Waals surface area contributed by atoms with Crippen molar-refractivity contribution in [2.45, 2.75) is 58.5 Å². The molecule has 0 bridgehead atoms. The fraction of sp³-hybridized carbons (Fsp3) is 0.435. The summed E-state index contributed by atoms with van der Waals surface area (Å²) in [5.74, 6) is 0.950. The fourth-order valence-corrected chi connectivity index (χ4v) is 3.52. The topological polar surface area (TPSA) is 38.3 Å². The van der Waals surface area contributed by atoms with E-state index in [1.165, 1.54) is 29.5 Å². The molecule has 1 amide bonds. The smallest absolute Gasteiger partial charge is 0.251 e. The minimum absolute atomic E-state index is 0.0373. The van der Waals surface area contributed by atoms with Gasteiger partial charge in [-0.1, -0.05) is 18.2 Å². The lowest BCUT2D eigenvalue weighted by molar-refractivity contribution is 0.0953. The zero-order valence-corrected chi connectivity index (χ0v) is 15.9. The molecule has 0 fully saturated rings. The number of fused-ring (bicyclic) bond motifs is 1. The zero-order valence-electron chi connectivity index (χ0n) is 15.9. The van der Waals surface area contributed by atoms with Crippen LogP contribution >= 0.6 is 0 Å². The maximum atomic E-state index is 12.4. The molecule has 0 atom stereocenters. The van der Waals surface area contributed by atoms with Gasteiger partial charge in [-0.05, 0) is 93.3 Å². The summed E-state index contributed by atoms with van der Waals surface area (Å²) in [6, 6.07) is 14.4. The summed E-state index contributed by atoms with van der Waals surface area (Å²) in [6.45, 7) is 4.75. The van der Waals surface area contributed by atoms with Crippen LogP contribution in [0, 0.1) is 0 Å². The van der Waals surface area contributed by atoms with Gasteiger partial charge in [0.2, 0.25) is 0 Å². The Morgan fingerprint density at radius 1 is 1.08 bits per heavy atom. The first-order chi connectivity index (χ1) is 12.6. The third kappa shape index (κ3) is 5.10. The second-order valence-corrected chi connectivity index (χ2v) is 7.36. The number of nitrogens with one attached hydrogen (secondary N) is 1. The van der Waals surface area contributed by atoms with Crippen molar-refractivity contribution in [2.24, 2.45) is 0 Å². The number of ether oxygens (including phenoxy) is 1. The monoisotopic (exact) mass is 351 g/mol. The number of hydrogen-bond acceptors (Lipinski definition) is 2. The van der Waals surface area contributed by atoms with E-state index >= 15 is 0 Å². The number of aryl methyl sites for hydroxylation is 3. The van der Waals surface area contributed by atoms with Gasteiger partial charge in [0, 0.05) is 12.1 Å². The first-order valence-corrected chi connectivity index (χ1v) is 9.77. The van der Waals surface area contributed by atoms with Gasteiger partial charge in [0.05, 0.1) is 6.10 Å². The second-order valence-electron chi connectivity index (χ2n) is 7.36. The first-order valence-electron chi connectivity index (χ1n) is 9.77. The van der Waals surface area contributed by atoms with Crippen molar-refractivity contribution in [3.63, 3.8) is 0 Å². The number of carbonyl (C=O) groups excluding carboxylic acids is 1. The minimum atomic E-state index is 0.0373. The van der Waals surface area contributed by atoms with Gasteiger partial charge in [-0.2, -0.15) is 0 Å². The van der Waals surface area contributed by atoms with Crippen LogP contribution in [-0.2, 0) is 19.3 Å². The normalized spacial score (nSPS) is 13.3. The molecule has 0 aliphatic heterocycles. The number of rotatable bonds is 7. The van der Waals surface area contributed by atoms with Gasteiger partial charge in [-0.15, -0.1) is 0 Å². The molecular weight excluding hydrogens is 322 g/mol. The maximum Gasteiger partial charge on any atom is 0.251 e. The molecule has 0 spiro atoms. The summed E-state index contributed by atoms with van der Waals surface area (Å²) in [5.41, 5.74) is 4.80. The van der Waals surface area contributed by atoms with E-state index in [0.29, 0.717) is 6.54 Å². The molecule has 138 valence electrons. The summed E-state index contributed by atoms with van der Waals surface area (Å²) >= 11 is 0. The Kier molecular flexibility index (Phi) is 6.32. The Morgan fingerprint density at radius 2 is 1.88 bits per heavy atom. The van der Waals surface area contributed by atoms with E-state index in [4.69, 9.17) is 4.74 Å². The summed E-state index contributed by atoms with van der Waals surface area (Å²) < 4.78 is 5.73. The van der Waals surface area contributed by atoms with Gasteiger partial charge in [0.15, 0.2) is 0 Å². The molecule has 0 unspecified atom stereocenters. The molecule has 2 aromatic rings. The van der Waals surface area contributed by atoms with Crippen LogP contribution in [0.5, 0.6) is 5.75 Å². The minimum Gasteiger partial charge on any atom is -0.491 e.